The third-order valence-corrected chi connectivity index (χ3v) is 4.07. The molecule has 0 aliphatic heterocycles. The zero-order valence-electron chi connectivity index (χ0n) is 12.0. The van der Waals surface area contributed by atoms with Crippen molar-refractivity contribution >= 4 is 17.2 Å². The smallest absolute Gasteiger partial charge is 0.276 e. The third kappa shape index (κ3) is 4.66. The molecule has 2 atom stereocenters. The predicted octanol–water partition coefficient (Wildman–Crippen LogP) is 0.817. The second-order valence-corrected chi connectivity index (χ2v) is 6.24. The van der Waals surface area contributed by atoms with E-state index in [0.717, 1.165) is 11.4 Å². The number of likely N-dealkylation sites (N-methyl/N-ethyl adjacent to an activating group) is 1. The van der Waals surface area contributed by atoms with E-state index in [4.69, 9.17) is 0 Å². The fourth-order valence-electron chi connectivity index (χ4n) is 1.71. The summed E-state index contributed by atoms with van der Waals surface area (Å²) >= 11 is 1.66. The number of hydrogen-bond acceptors (Lipinski definition) is 3. The summed E-state index contributed by atoms with van der Waals surface area (Å²) in [6.45, 7) is 6.84. The largest absolute Gasteiger partial charge is 0.333 e. The Labute approximate surface area is 119 Å². The maximum Gasteiger partial charge on any atom is 0.276 e. The molecule has 5 heteroatoms. The van der Waals surface area contributed by atoms with Gasteiger partial charge >= 0.3 is 0 Å². The summed E-state index contributed by atoms with van der Waals surface area (Å²) < 4.78 is 0. The summed E-state index contributed by atoms with van der Waals surface area (Å²) in [5.41, 5.74) is 0.446. The Bertz CT molecular complexity index is 450. The van der Waals surface area contributed by atoms with E-state index in [-0.39, 0.29) is 11.8 Å². The third-order valence-electron chi connectivity index (χ3n) is 3.33. The van der Waals surface area contributed by atoms with Crippen molar-refractivity contribution in [1.82, 2.24) is 5.32 Å². The number of quaternary nitrogens is 1. The number of nitrogens with zero attached hydrogens (tertiary/aromatic N) is 1. The van der Waals surface area contributed by atoms with Crippen LogP contribution in [-0.4, -0.2) is 25.0 Å². The quantitative estimate of drug-likeness (QED) is 0.810. The molecule has 0 spiro atoms. The maximum atomic E-state index is 12.0. The van der Waals surface area contributed by atoms with Crippen LogP contribution in [0.4, 0.5) is 0 Å². The van der Waals surface area contributed by atoms with Crippen LogP contribution in [0.25, 0.3) is 0 Å². The number of amides is 1. The van der Waals surface area contributed by atoms with Gasteiger partial charge in [0.1, 0.15) is 12.1 Å². The van der Waals surface area contributed by atoms with E-state index in [1.54, 1.807) is 18.3 Å². The van der Waals surface area contributed by atoms with Crippen molar-refractivity contribution in [2.24, 2.45) is 5.92 Å². The highest BCUT2D eigenvalue weighted by molar-refractivity contribution is 7.07. The topological polar surface area (TPSA) is 57.3 Å². The van der Waals surface area contributed by atoms with Gasteiger partial charge in [0.15, 0.2) is 6.54 Å². The standard InChI is InChI=1S/C14H21N3OS/c1-11(2)14(3,10-15)16-13(18)8-17(4)7-12-5-6-19-9-12/h5-6,9,11H,7-8H2,1-4H3,(H,16,18)/p+1/t14-/m0/s1. The molecule has 0 fully saturated rings. The van der Waals surface area contributed by atoms with E-state index in [2.05, 4.69) is 22.8 Å². The number of carbonyl (C=O) groups is 1. The van der Waals surface area contributed by atoms with E-state index >= 15 is 0 Å². The van der Waals surface area contributed by atoms with Gasteiger partial charge in [-0.25, -0.2) is 0 Å². The Morgan fingerprint density at radius 2 is 2.32 bits per heavy atom. The summed E-state index contributed by atoms with van der Waals surface area (Å²) in [4.78, 5) is 13.1. The second-order valence-electron chi connectivity index (χ2n) is 5.46. The SMILES string of the molecule is CC(C)[C@](C)(C#N)NC(=O)C[NH+](C)Cc1ccsc1. The molecule has 4 nitrogen and oxygen atoms in total. The van der Waals surface area contributed by atoms with Crippen LogP contribution in [0.15, 0.2) is 16.8 Å². The summed E-state index contributed by atoms with van der Waals surface area (Å²) in [5.74, 6) is 0.00381. The lowest BCUT2D eigenvalue weighted by Crippen LogP contribution is -3.09. The Morgan fingerprint density at radius 3 is 2.79 bits per heavy atom. The molecular weight excluding hydrogens is 258 g/mol. The van der Waals surface area contributed by atoms with Crippen LogP contribution in [0.5, 0.6) is 0 Å². The first-order valence-electron chi connectivity index (χ1n) is 6.42. The van der Waals surface area contributed by atoms with Crippen molar-refractivity contribution in [2.75, 3.05) is 13.6 Å². The monoisotopic (exact) mass is 280 g/mol. The van der Waals surface area contributed by atoms with Gasteiger partial charge in [-0.05, 0) is 29.7 Å². The van der Waals surface area contributed by atoms with Crippen molar-refractivity contribution in [3.05, 3.63) is 22.4 Å². The molecule has 1 unspecified atom stereocenters. The van der Waals surface area contributed by atoms with Crippen LogP contribution >= 0.6 is 11.3 Å². The van der Waals surface area contributed by atoms with Crippen LogP contribution in [0.2, 0.25) is 0 Å². The lowest BCUT2D eigenvalue weighted by molar-refractivity contribution is -0.885. The molecule has 104 valence electrons. The number of thiophene rings is 1. The van der Waals surface area contributed by atoms with Crippen molar-refractivity contribution in [3.8, 4) is 6.07 Å². The zero-order chi connectivity index (χ0) is 14.5. The Morgan fingerprint density at radius 1 is 1.63 bits per heavy atom. The molecule has 0 aromatic carbocycles. The van der Waals surface area contributed by atoms with Gasteiger partial charge in [0.25, 0.3) is 5.91 Å². The number of carbonyl (C=O) groups excluding carboxylic acids is 1. The predicted molar refractivity (Wildman–Crippen MR) is 76.8 cm³/mol. The first kappa shape index (κ1) is 15.7. The van der Waals surface area contributed by atoms with Crippen molar-refractivity contribution in [2.45, 2.75) is 32.9 Å². The van der Waals surface area contributed by atoms with E-state index in [0.29, 0.717) is 6.54 Å². The van der Waals surface area contributed by atoms with E-state index in [9.17, 15) is 10.1 Å². The molecular formula is C14H22N3OS+. The summed E-state index contributed by atoms with van der Waals surface area (Å²) in [5, 5.41) is 16.1. The normalized spacial score (nSPS) is 15.6. The lowest BCUT2D eigenvalue weighted by Gasteiger charge is -2.27. The number of nitriles is 1. The average Bonchev–Trinajstić information content (AvgIpc) is 2.80. The van der Waals surface area contributed by atoms with Gasteiger partial charge in [-0.3, -0.25) is 4.79 Å². The molecule has 1 rings (SSSR count). The average molecular weight is 280 g/mol. The van der Waals surface area contributed by atoms with E-state index in [1.165, 1.54) is 5.56 Å². The molecule has 0 radical (unpaired) electrons. The van der Waals surface area contributed by atoms with Crippen LogP contribution in [0.1, 0.15) is 26.3 Å². The van der Waals surface area contributed by atoms with Gasteiger partial charge in [0.2, 0.25) is 0 Å². The van der Waals surface area contributed by atoms with Crippen LogP contribution in [0, 0.1) is 17.2 Å². The fourth-order valence-corrected chi connectivity index (χ4v) is 2.38. The van der Waals surface area contributed by atoms with Crippen LogP contribution in [0.3, 0.4) is 0 Å². The highest BCUT2D eigenvalue weighted by Crippen LogP contribution is 2.14. The number of rotatable bonds is 6. The van der Waals surface area contributed by atoms with Crippen LogP contribution < -0.4 is 10.2 Å². The first-order chi connectivity index (χ1) is 8.87. The molecule has 19 heavy (non-hydrogen) atoms. The van der Waals surface area contributed by atoms with E-state index < -0.39 is 5.54 Å². The Balaban J connectivity index is 2.49. The molecule has 0 aliphatic carbocycles. The summed E-state index contributed by atoms with van der Waals surface area (Å²) in [7, 11) is 1.98. The van der Waals surface area contributed by atoms with Gasteiger partial charge in [-0.2, -0.15) is 16.6 Å². The lowest BCUT2D eigenvalue weighted by atomic mass is 9.90. The molecule has 1 aromatic rings. The molecule has 0 saturated carbocycles. The molecule has 0 bridgehead atoms. The molecule has 1 amide bonds. The highest BCUT2D eigenvalue weighted by Gasteiger charge is 2.30. The molecule has 1 heterocycles. The Hall–Kier alpha value is -1.38. The van der Waals surface area contributed by atoms with E-state index in [1.807, 2.05) is 26.3 Å². The minimum Gasteiger partial charge on any atom is -0.333 e. The maximum absolute atomic E-state index is 12.0. The molecule has 0 aliphatic rings. The first-order valence-corrected chi connectivity index (χ1v) is 7.36. The van der Waals surface area contributed by atoms with Gasteiger partial charge in [-0.1, -0.05) is 13.8 Å². The van der Waals surface area contributed by atoms with Gasteiger partial charge < -0.3 is 10.2 Å². The van der Waals surface area contributed by atoms with Crippen molar-refractivity contribution < 1.29 is 9.69 Å². The number of nitrogens with one attached hydrogen (secondary N) is 2. The van der Waals surface area contributed by atoms with Crippen LogP contribution in [-0.2, 0) is 11.3 Å². The fraction of sp³-hybridized carbons (Fsp3) is 0.571. The minimum atomic E-state index is -0.792. The second kappa shape index (κ2) is 6.69. The van der Waals surface area contributed by atoms with Crippen molar-refractivity contribution in [3.63, 3.8) is 0 Å². The van der Waals surface area contributed by atoms with Gasteiger partial charge in [0, 0.05) is 5.56 Å². The Kier molecular flexibility index (Phi) is 5.52. The summed E-state index contributed by atoms with van der Waals surface area (Å²) in [6, 6.07) is 4.26. The number of hydrogen-bond donors (Lipinski definition) is 2. The minimum absolute atomic E-state index is 0.0783. The van der Waals surface area contributed by atoms with Crippen molar-refractivity contribution in [1.29, 1.82) is 5.26 Å². The zero-order valence-corrected chi connectivity index (χ0v) is 12.8. The molecule has 2 N–H and O–H groups in total. The highest BCUT2D eigenvalue weighted by atomic mass is 32.1. The summed E-state index contributed by atoms with van der Waals surface area (Å²) in [6.07, 6.45) is 0. The van der Waals surface area contributed by atoms with Gasteiger partial charge in [-0.15, -0.1) is 0 Å². The molecule has 1 aromatic heterocycles. The van der Waals surface area contributed by atoms with Gasteiger partial charge in [0.05, 0.1) is 13.1 Å². The molecule has 0 saturated heterocycles.